The fraction of sp³-hybridized carbons (Fsp3) is 0.269. The first-order valence-electron chi connectivity index (χ1n) is 11.9. The van der Waals surface area contributed by atoms with Crippen LogP contribution in [0.3, 0.4) is 0 Å². The quantitative estimate of drug-likeness (QED) is 0.449. The number of nitrogens with zero attached hydrogens (tertiary/aromatic N) is 3. The fourth-order valence-electron chi connectivity index (χ4n) is 4.59. The molecular weight excluding hydrogens is 500 g/mol. The summed E-state index contributed by atoms with van der Waals surface area (Å²) < 4.78 is 34.2. The number of nitrogens with one attached hydrogen (secondary N) is 2. The zero-order valence-corrected chi connectivity index (χ0v) is 20.2. The van der Waals surface area contributed by atoms with Crippen LogP contribution < -0.4 is 10.6 Å². The Morgan fingerprint density at radius 3 is 2.53 bits per heavy atom. The van der Waals surface area contributed by atoms with Crippen molar-refractivity contribution < 1.29 is 33.0 Å². The van der Waals surface area contributed by atoms with Gasteiger partial charge in [0.25, 0.3) is 5.91 Å². The number of amides is 2. The van der Waals surface area contributed by atoms with Gasteiger partial charge in [-0.3, -0.25) is 9.59 Å². The molecule has 0 aliphatic carbocycles. The number of ether oxygens (including phenoxy) is 1. The Bertz CT molecular complexity index is 1410. The Hall–Kier alpha value is -4.45. The smallest absolute Gasteiger partial charge is 0.329 e. The van der Waals surface area contributed by atoms with Crippen molar-refractivity contribution in [1.82, 2.24) is 20.2 Å². The van der Waals surface area contributed by atoms with Gasteiger partial charge in [-0.2, -0.15) is 0 Å². The molecule has 196 valence electrons. The number of carbonyl (C=O) groups excluding carboxylic acids is 2. The summed E-state index contributed by atoms with van der Waals surface area (Å²) in [5.41, 5.74) is 1.23. The van der Waals surface area contributed by atoms with Crippen molar-refractivity contribution in [3.63, 3.8) is 0 Å². The zero-order valence-electron chi connectivity index (χ0n) is 20.2. The second kappa shape index (κ2) is 10.1. The Morgan fingerprint density at radius 1 is 1.13 bits per heavy atom. The van der Waals surface area contributed by atoms with Gasteiger partial charge >= 0.3 is 5.97 Å². The Balaban J connectivity index is 1.38. The van der Waals surface area contributed by atoms with Crippen LogP contribution in [0.5, 0.6) is 0 Å². The highest BCUT2D eigenvalue weighted by molar-refractivity contribution is 6.03. The molecule has 1 saturated heterocycles. The van der Waals surface area contributed by atoms with Gasteiger partial charge < -0.3 is 25.4 Å². The van der Waals surface area contributed by atoms with Gasteiger partial charge in [-0.15, -0.1) is 0 Å². The van der Waals surface area contributed by atoms with E-state index < -0.39 is 41.2 Å². The summed E-state index contributed by atoms with van der Waals surface area (Å²) in [5.74, 6) is -3.66. The molecule has 2 aromatic carbocycles. The van der Waals surface area contributed by atoms with Crippen LogP contribution in [0.25, 0.3) is 11.4 Å². The van der Waals surface area contributed by atoms with Gasteiger partial charge in [0.1, 0.15) is 23.0 Å². The molecular formula is C26H23F2N5O5. The summed E-state index contributed by atoms with van der Waals surface area (Å²) in [6, 6.07) is 9.05. The van der Waals surface area contributed by atoms with Gasteiger partial charge in [-0.25, -0.2) is 23.5 Å². The predicted molar refractivity (Wildman–Crippen MR) is 131 cm³/mol. The van der Waals surface area contributed by atoms with E-state index >= 15 is 0 Å². The number of carboxylic acid groups (broad SMARTS) is 1. The highest BCUT2D eigenvalue weighted by Crippen LogP contribution is 2.30. The fourth-order valence-corrected chi connectivity index (χ4v) is 4.59. The lowest BCUT2D eigenvalue weighted by molar-refractivity contribution is -0.164. The summed E-state index contributed by atoms with van der Waals surface area (Å²) in [4.78, 5) is 46.7. The third-order valence-electron chi connectivity index (χ3n) is 6.45. The number of aliphatic carboxylic acids is 1. The van der Waals surface area contributed by atoms with Crippen LogP contribution in [0, 0.1) is 11.6 Å². The van der Waals surface area contributed by atoms with Crippen molar-refractivity contribution in [2.75, 3.05) is 18.5 Å². The van der Waals surface area contributed by atoms with E-state index in [9.17, 15) is 28.3 Å². The monoisotopic (exact) mass is 523 g/mol. The summed E-state index contributed by atoms with van der Waals surface area (Å²) in [6.45, 7) is 2.16. The standard InChI is InChI=1S/C26H23F2N5O5/c1-13-22(26(36)37)33(9-10-38-13)19(34)11-14-5-7-15(8-6-14)30-24-21-18(12-29-25(21)35)31-23(32-24)20-16(27)3-2-4-17(20)28/h2-8,13,22H,9-12H2,1H3,(H,29,35)(H,36,37)(H,30,31,32). The first kappa shape index (κ1) is 25.2. The lowest BCUT2D eigenvalue weighted by Crippen LogP contribution is -2.56. The minimum atomic E-state index is -1.12. The number of hydrogen-bond acceptors (Lipinski definition) is 7. The van der Waals surface area contributed by atoms with Crippen molar-refractivity contribution in [2.45, 2.75) is 32.0 Å². The SMILES string of the molecule is CC1OCCN(C(=O)Cc2ccc(Nc3nc(-c4c(F)cccc4F)nc4c3C(=O)NC4)cc2)C1C(=O)O. The van der Waals surface area contributed by atoms with Gasteiger partial charge in [-0.1, -0.05) is 18.2 Å². The number of carbonyl (C=O) groups is 3. The van der Waals surface area contributed by atoms with Crippen LogP contribution in [0.4, 0.5) is 20.3 Å². The number of fused-ring (bicyclic) bond motifs is 1. The molecule has 5 rings (SSSR count). The Kier molecular flexibility index (Phi) is 6.72. The average molecular weight is 523 g/mol. The first-order valence-corrected chi connectivity index (χ1v) is 11.9. The van der Waals surface area contributed by atoms with Crippen LogP contribution >= 0.6 is 0 Å². The molecule has 12 heteroatoms. The normalized spacial score (nSPS) is 18.6. The van der Waals surface area contributed by atoms with Gasteiger partial charge in [0.15, 0.2) is 11.9 Å². The van der Waals surface area contributed by atoms with E-state index in [0.717, 1.165) is 12.1 Å². The molecule has 1 fully saturated rings. The van der Waals surface area contributed by atoms with E-state index in [0.29, 0.717) is 16.9 Å². The topological polar surface area (TPSA) is 134 Å². The van der Waals surface area contributed by atoms with E-state index in [1.54, 1.807) is 31.2 Å². The third kappa shape index (κ3) is 4.77. The van der Waals surface area contributed by atoms with E-state index in [1.165, 1.54) is 11.0 Å². The number of morpholine rings is 1. The number of halogens is 2. The maximum Gasteiger partial charge on any atom is 0.329 e. The van der Waals surface area contributed by atoms with Crippen molar-refractivity contribution in [1.29, 1.82) is 0 Å². The maximum atomic E-state index is 14.4. The minimum absolute atomic E-state index is 0.0151. The third-order valence-corrected chi connectivity index (χ3v) is 6.45. The molecule has 10 nitrogen and oxygen atoms in total. The molecule has 0 radical (unpaired) electrons. The first-order chi connectivity index (χ1) is 18.2. The molecule has 2 atom stereocenters. The average Bonchev–Trinajstić information content (AvgIpc) is 3.25. The lowest BCUT2D eigenvalue weighted by Gasteiger charge is -2.37. The predicted octanol–water partition coefficient (Wildman–Crippen LogP) is 2.65. The van der Waals surface area contributed by atoms with Crippen LogP contribution in [0.2, 0.25) is 0 Å². The minimum Gasteiger partial charge on any atom is -0.480 e. The van der Waals surface area contributed by atoms with Crippen LogP contribution in [-0.2, 0) is 27.3 Å². The van der Waals surface area contributed by atoms with Gasteiger partial charge in [0.05, 0.1) is 36.9 Å². The van der Waals surface area contributed by atoms with E-state index in [2.05, 4.69) is 20.6 Å². The molecule has 1 aromatic heterocycles. The number of rotatable bonds is 6. The van der Waals surface area contributed by atoms with Crippen LogP contribution in [0.15, 0.2) is 42.5 Å². The van der Waals surface area contributed by atoms with Gasteiger partial charge in [-0.05, 0) is 36.8 Å². The molecule has 2 unspecified atom stereocenters. The van der Waals surface area contributed by atoms with Gasteiger partial charge in [0, 0.05) is 12.2 Å². The molecule has 2 aliphatic rings. The van der Waals surface area contributed by atoms with Crippen molar-refractivity contribution in [3.8, 4) is 11.4 Å². The van der Waals surface area contributed by atoms with E-state index in [4.69, 9.17) is 4.74 Å². The Labute approximate surface area is 215 Å². The van der Waals surface area contributed by atoms with E-state index in [-0.39, 0.29) is 49.2 Å². The molecule has 0 bridgehead atoms. The highest BCUT2D eigenvalue weighted by atomic mass is 19.1. The number of benzene rings is 2. The van der Waals surface area contributed by atoms with E-state index in [1.807, 2.05) is 0 Å². The molecule has 2 amide bonds. The molecule has 0 saturated carbocycles. The number of anilines is 2. The van der Waals surface area contributed by atoms with Crippen LogP contribution in [0.1, 0.15) is 28.5 Å². The molecule has 38 heavy (non-hydrogen) atoms. The van der Waals surface area contributed by atoms with Crippen molar-refractivity contribution >= 4 is 29.3 Å². The summed E-state index contributed by atoms with van der Waals surface area (Å²) in [5, 5.41) is 15.2. The number of carboxylic acids is 1. The highest BCUT2D eigenvalue weighted by Gasteiger charge is 2.37. The molecule has 3 heterocycles. The number of aromatic nitrogens is 2. The second-order valence-corrected chi connectivity index (χ2v) is 8.94. The summed E-state index contributed by atoms with van der Waals surface area (Å²) in [6.07, 6.45) is -0.634. The maximum absolute atomic E-state index is 14.4. The molecule has 0 spiro atoms. The Morgan fingerprint density at radius 2 is 1.84 bits per heavy atom. The zero-order chi connectivity index (χ0) is 27.0. The van der Waals surface area contributed by atoms with Gasteiger partial charge in [0.2, 0.25) is 5.91 Å². The molecule has 3 aromatic rings. The molecule has 2 aliphatic heterocycles. The van der Waals surface area contributed by atoms with Crippen LogP contribution in [-0.4, -0.2) is 63.1 Å². The second-order valence-electron chi connectivity index (χ2n) is 8.94. The molecule has 3 N–H and O–H groups in total. The summed E-state index contributed by atoms with van der Waals surface area (Å²) in [7, 11) is 0. The lowest BCUT2D eigenvalue weighted by atomic mass is 10.1. The largest absolute Gasteiger partial charge is 0.480 e. The summed E-state index contributed by atoms with van der Waals surface area (Å²) >= 11 is 0. The van der Waals surface area contributed by atoms with Crippen molar-refractivity contribution in [3.05, 3.63) is 70.9 Å². The number of hydrogen-bond donors (Lipinski definition) is 3. The van der Waals surface area contributed by atoms with Crippen molar-refractivity contribution in [2.24, 2.45) is 0 Å².